The molecule has 0 aliphatic heterocycles. The van der Waals surface area contributed by atoms with Crippen LogP contribution in [0.2, 0.25) is 0 Å². The van der Waals surface area contributed by atoms with Crippen molar-refractivity contribution in [3.63, 3.8) is 0 Å². The molecule has 2 aromatic carbocycles. The number of hydrogen-bond donors (Lipinski definition) is 5. The number of nitrogens with two attached hydrogens (primary N) is 1. The number of rotatable bonds is 14. The van der Waals surface area contributed by atoms with Crippen LogP contribution in [0.5, 0.6) is 0 Å². The lowest BCUT2D eigenvalue weighted by Crippen LogP contribution is -2.51. The summed E-state index contributed by atoms with van der Waals surface area (Å²) in [6, 6.07) is 14.5. The minimum absolute atomic E-state index is 0.000722. The van der Waals surface area contributed by atoms with Crippen molar-refractivity contribution in [2.75, 3.05) is 25.4 Å². The van der Waals surface area contributed by atoms with Gasteiger partial charge in [0.05, 0.1) is 12.8 Å². The highest BCUT2D eigenvalue weighted by Crippen LogP contribution is 2.35. The van der Waals surface area contributed by atoms with Crippen molar-refractivity contribution in [3.05, 3.63) is 71.3 Å². The molecule has 0 spiro atoms. The molecule has 0 aromatic heterocycles. The van der Waals surface area contributed by atoms with Gasteiger partial charge < -0.3 is 21.7 Å². The van der Waals surface area contributed by atoms with Crippen LogP contribution >= 0.6 is 21.6 Å². The Morgan fingerprint density at radius 1 is 0.949 bits per heavy atom. The van der Waals surface area contributed by atoms with Gasteiger partial charge in [0.2, 0.25) is 11.8 Å². The number of amides is 4. The Labute approximate surface area is 237 Å². The van der Waals surface area contributed by atoms with E-state index in [1.165, 1.54) is 17.0 Å². The van der Waals surface area contributed by atoms with E-state index in [1.54, 1.807) is 59.3 Å². The van der Waals surface area contributed by atoms with Crippen LogP contribution in [0.25, 0.3) is 0 Å². The molecular weight excluding hydrogens is 536 g/mol. The van der Waals surface area contributed by atoms with Crippen LogP contribution < -0.4 is 27.1 Å². The number of carbonyl (C=O) groups is 4. The van der Waals surface area contributed by atoms with E-state index in [1.807, 2.05) is 6.07 Å². The van der Waals surface area contributed by atoms with Gasteiger partial charge in [0.1, 0.15) is 6.04 Å². The number of carbonyl (C=O) groups excluding carboxylic acids is 4. The molecule has 6 N–H and O–H groups in total. The van der Waals surface area contributed by atoms with E-state index in [0.717, 1.165) is 0 Å². The molecule has 12 heteroatoms. The zero-order valence-electron chi connectivity index (χ0n) is 22.4. The summed E-state index contributed by atoms with van der Waals surface area (Å²) in [5, 5.41) is 12.0. The SMILES string of the molecule is CC(C)(C)SSC[C@H](NC(=O)CNC(=O)c1ccc(/C=N/NC(=O)c2ccccc2)cc1)C(=O)NCCCN. The first-order valence-corrected chi connectivity index (χ1v) is 14.8. The molecule has 4 amide bonds. The van der Waals surface area contributed by atoms with Crippen LogP contribution in [-0.4, -0.2) is 66.0 Å². The van der Waals surface area contributed by atoms with Gasteiger partial charge in [0.15, 0.2) is 0 Å². The number of hydrogen-bond acceptors (Lipinski definition) is 8. The molecule has 0 aliphatic carbocycles. The van der Waals surface area contributed by atoms with E-state index >= 15 is 0 Å². The summed E-state index contributed by atoms with van der Waals surface area (Å²) >= 11 is 0. The first kappa shape index (κ1) is 31.9. The number of hydrazone groups is 1. The van der Waals surface area contributed by atoms with Crippen molar-refractivity contribution < 1.29 is 19.2 Å². The average Bonchev–Trinajstić information content (AvgIpc) is 2.91. The first-order chi connectivity index (χ1) is 18.6. The summed E-state index contributed by atoms with van der Waals surface area (Å²) in [5.74, 6) is -1.15. The minimum atomic E-state index is -0.743. The maximum absolute atomic E-state index is 12.6. The molecule has 2 aromatic rings. The zero-order chi connectivity index (χ0) is 28.7. The molecule has 0 radical (unpaired) electrons. The fourth-order valence-electron chi connectivity index (χ4n) is 2.95. The Morgan fingerprint density at radius 2 is 1.62 bits per heavy atom. The van der Waals surface area contributed by atoms with Crippen molar-refractivity contribution in [1.82, 2.24) is 21.4 Å². The molecular formula is C27H36N6O4S2. The monoisotopic (exact) mass is 572 g/mol. The maximum atomic E-state index is 12.6. The van der Waals surface area contributed by atoms with E-state index in [-0.39, 0.29) is 23.1 Å². The van der Waals surface area contributed by atoms with Gasteiger partial charge in [0.25, 0.3) is 11.8 Å². The first-order valence-electron chi connectivity index (χ1n) is 12.4. The highest BCUT2D eigenvalue weighted by molar-refractivity contribution is 8.77. The minimum Gasteiger partial charge on any atom is -0.354 e. The third kappa shape index (κ3) is 12.8. The summed E-state index contributed by atoms with van der Waals surface area (Å²) in [4.78, 5) is 49.6. The van der Waals surface area contributed by atoms with Crippen molar-refractivity contribution in [1.29, 1.82) is 0 Å². The summed E-state index contributed by atoms with van der Waals surface area (Å²) in [5.41, 5.74) is 9.44. The van der Waals surface area contributed by atoms with Crippen molar-refractivity contribution in [2.45, 2.75) is 38.0 Å². The molecule has 210 valence electrons. The van der Waals surface area contributed by atoms with Crippen molar-refractivity contribution in [2.24, 2.45) is 10.8 Å². The standard InChI is InChI=1S/C27H36N6O4S2/c1-27(2,3)39-38-18-22(26(37)29-15-7-14-28)32-23(34)17-30-24(35)21-12-10-19(11-13-21)16-31-33-25(36)20-8-5-4-6-9-20/h4-6,8-13,16,22H,7,14-15,17-18,28H2,1-3H3,(H,29,37)(H,30,35)(H,32,34)(H,33,36)/b31-16+/t22-/m0/s1. The third-order valence-corrected chi connectivity index (χ3v) is 8.22. The second kappa shape index (κ2) is 16.6. The third-order valence-electron chi connectivity index (χ3n) is 4.87. The van der Waals surface area contributed by atoms with Crippen LogP contribution in [0.1, 0.15) is 53.5 Å². The van der Waals surface area contributed by atoms with Crippen LogP contribution in [0, 0.1) is 0 Å². The molecule has 1 atom stereocenters. The largest absolute Gasteiger partial charge is 0.354 e. The highest BCUT2D eigenvalue weighted by Gasteiger charge is 2.22. The van der Waals surface area contributed by atoms with Gasteiger partial charge in [-0.25, -0.2) is 5.43 Å². The van der Waals surface area contributed by atoms with Crippen molar-refractivity contribution >= 4 is 51.4 Å². The average molecular weight is 573 g/mol. The van der Waals surface area contributed by atoms with E-state index in [4.69, 9.17) is 5.73 Å². The normalized spacial score (nSPS) is 12.0. The van der Waals surface area contributed by atoms with Crippen LogP contribution in [-0.2, 0) is 9.59 Å². The van der Waals surface area contributed by atoms with E-state index in [2.05, 4.69) is 47.2 Å². The Kier molecular flexibility index (Phi) is 13.5. The lowest BCUT2D eigenvalue weighted by Gasteiger charge is -2.21. The van der Waals surface area contributed by atoms with Gasteiger partial charge in [-0.2, -0.15) is 5.10 Å². The summed E-state index contributed by atoms with van der Waals surface area (Å²) in [6.45, 7) is 6.80. The number of nitrogens with one attached hydrogen (secondary N) is 4. The van der Waals surface area contributed by atoms with Gasteiger partial charge in [-0.15, -0.1) is 0 Å². The lowest BCUT2D eigenvalue weighted by molar-refractivity contribution is -0.127. The Hall–Kier alpha value is -3.35. The van der Waals surface area contributed by atoms with E-state index < -0.39 is 17.9 Å². The van der Waals surface area contributed by atoms with Gasteiger partial charge in [-0.05, 0) is 42.8 Å². The molecule has 10 nitrogen and oxygen atoms in total. The quantitative estimate of drug-likeness (QED) is 0.101. The van der Waals surface area contributed by atoms with Crippen LogP contribution in [0.15, 0.2) is 59.7 Å². The summed E-state index contributed by atoms with van der Waals surface area (Å²) in [7, 11) is 3.12. The number of nitrogens with zero attached hydrogens (tertiary/aromatic N) is 1. The zero-order valence-corrected chi connectivity index (χ0v) is 24.0. The van der Waals surface area contributed by atoms with Crippen LogP contribution in [0.4, 0.5) is 0 Å². The Bertz CT molecular complexity index is 1120. The molecule has 39 heavy (non-hydrogen) atoms. The van der Waals surface area contributed by atoms with Gasteiger partial charge in [-0.3, -0.25) is 19.2 Å². The second-order valence-electron chi connectivity index (χ2n) is 9.40. The Balaban J connectivity index is 1.84. The fraction of sp³-hybridized carbons (Fsp3) is 0.370. The van der Waals surface area contributed by atoms with Gasteiger partial charge in [0, 0.05) is 28.2 Å². The molecule has 0 fully saturated rings. The van der Waals surface area contributed by atoms with Gasteiger partial charge >= 0.3 is 0 Å². The smallest absolute Gasteiger partial charge is 0.271 e. The second-order valence-corrected chi connectivity index (χ2v) is 12.6. The molecule has 0 aliphatic rings. The summed E-state index contributed by atoms with van der Waals surface area (Å²) < 4.78 is 0.000722. The fourth-order valence-corrected chi connectivity index (χ4v) is 5.41. The predicted octanol–water partition coefficient (Wildman–Crippen LogP) is 2.31. The maximum Gasteiger partial charge on any atom is 0.271 e. The van der Waals surface area contributed by atoms with E-state index in [9.17, 15) is 19.2 Å². The van der Waals surface area contributed by atoms with E-state index in [0.29, 0.717) is 42.0 Å². The number of benzene rings is 2. The summed E-state index contributed by atoms with van der Waals surface area (Å²) in [6.07, 6.45) is 2.10. The molecule has 0 heterocycles. The van der Waals surface area contributed by atoms with Crippen molar-refractivity contribution in [3.8, 4) is 0 Å². The molecule has 0 saturated carbocycles. The van der Waals surface area contributed by atoms with Gasteiger partial charge in [-0.1, -0.05) is 72.7 Å². The molecule has 2 rings (SSSR count). The topological polar surface area (TPSA) is 155 Å². The van der Waals surface area contributed by atoms with Crippen LogP contribution in [0.3, 0.4) is 0 Å². The molecule has 0 unspecified atom stereocenters. The Morgan fingerprint density at radius 3 is 2.26 bits per heavy atom. The lowest BCUT2D eigenvalue weighted by atomic mass is 10.1. The molecule has 0 bridgehead atoms. The highest BCUT2D eigenvalue weighted by atomic mass is 33.1. The predicted molar refractivity (Wildman–Crippen MR) is 159 cm³/mol. The molecule has 0 saturated heterocycles.